The van der Waals surface area contributed by atoms with Gasteiger partial charge in [0.05, 0.1) is 6.61 Å². The summed E-state index contributed by atoms with van der Waals surface area (Å²) >= 11 is 1.35. The Morgan fingerprint density at radius 3 is 3.00 bits per heavy atom. The molecule has 0 saturated carbocycles. The molecule has 2 rings (SSSR count). The summed E-state index contributed by atoms with van der Waals surface area (Å²) in [4.78, 5) is 37.4. The van der Waals surface area contributed by atoms with Gasteiger partial charge in [-0.25, -0.2) is 4.79 Å². The number of nitrogens with zero attached hydrogens (tertiary/aromatic N) is 1. The lowest BCUT2D eigenvalue weighted by atomic mass is 10.3. The van der Waals surface area contributed by atoms with Crippen molar-refractivity contribution in [1.29, 1.82) is 0 Å². The molecule has 21 heavy (non-hydrogen) atoms. The van der Waals surface area contributed by atoms with Gasteiger partial charge in [-0.15, -0.1) is 11.8 Å². The summed E-state index contributed by atoms with van der Waals surface area (Å²) < 4.78 is 6.58. The molecule has 9 nitrogen and oxygen atoms in total. The molecule has 0 unspecified atom stereocenters. The Kier molecular flexibility index (Phi) is 5.17. The SMILES string of the molecule is NCCNC(=O)c1cn([C@H]2CS[C@@H](CO)O2)c(=O)[nH]c1=O. The number of hydrogen-bond donors (Lipinski definition) is 4. The van der Waals surface area contributed by atoms with Crippen LogP contribution in [0.1, 0.15) is 16.6 Å². The first-order valence-electron chi connectivity index (χ1n) is 6.28. The third kappa shape index (κ3) is 3.53. The fraction of sp³-hybridized carbons (Fsp3) is 0.545. The van der Waals surface area contributed by atoms with Gasteiger partial charge in [-0.1, -0.05) is 0 Å². The van der Waals surface area contributed by atoms with E-state index in [2.05, 4.69) is 10.3 Å². The lowest BCUT2D eigenvalue weighted by Gasteiger charge is -2.14. The van der Waals surface area contributed by atoms with Crippen LogP contribution >= 0.6 is 11.8 Å². The van der Waals surface area contributed by atoms with E-state index in [9.17, 15) is 14.4 Å². The zero-order valence-electron chi connectivity index (χ0n) is 11.1. The minimum atomic E-state index is -0.768. The number of nitrogens with two attached hydrogens (primary N) is 1. The van der Waals surface area contributed by atoms with Gasteiger partial charge in [0, 0.05) is 25.0 Å². The van der Waals surface area contributed by atoms with E-state index in [1.807, 2.05) is 0 Å². The number of carbonyl (C=O) groups is 1. The Morgan fingerprint density at radius 2 is 2.38 bits per heavy atom. The molecule has 2 heterocycles. The monoisotopic (exact) mass is 316 g/mol. The smallest absolute Gasteiger partial charge is 0.330 e. The van der Waals surface area contributed by atoms with E-state index in [4.69, 9.17) is 15.6 Å². The van der Waals surface area contributed by atoms with Crippen LogP contribution in [0.5, 0.6) is 0 Å². The van der Waals surface area contributed by atoms with E-state index in [1.54, 1.807) is 0 Å². The predicted molar refractivity (Wildman–Crippen MR) is 76.2 cm³/mol. The van der Waals surface area contributed by atoms with Crippen molar-refractivity contribution in [2.24, 2.45) is 5.73 Å². The number of aliphatic hydroxyl groups is 1. The lowest BCUT2D eigenvalue weighted by molar-refractivity contribution is -0.00650. The van der Waals surface area contributed by atoms with Crippen LogP contribution in [0.2, 0.25) is 0 Å². The molecule has 0 radical (unpaired) electrons. The van der Waals surface area contributed by atoms with Gasteiger partial charge in [0.1, 0.15) is 17.2 Å². The third-order valence-corrected chi connectivity index (χ3v) is 3.94. The third-order valence-electron chi connectivity index (χ3n) is 2.84. The molecule has 0 aliphatic carbocycles. The number of thioether (sulfide) groups is 1. The molecule has 0 spiro atoms. The van der Waals surface area contributed by atoms with Crippen LogP contribution in [0, 0.1) is 0 Å². The molecule has 1 aliphatic rings. The van der Waals surface area contributed by atoms with Gasteiger partial charge in [0.15, 0.2) is 0 Å². The molecule has 1 amide bonds. The quantitative estimate of drug-likeness (QED) is 0.483. The van der Waals surface area contributed by atoms with Crippen LogP contribution in [0.15, 0.2) is 15.8 Å². The second-order valence-corrected chi connectivity index (χ2v) is 5.48. The number of aromatic nitrogens is 2. The molecule has 10 heteroatoms. The van der Waals surface area contributed by atoms with Gasteiger partial charge in [0.2, 0.25) is 0 Å². The predicted octanol–water partition coefficient (Wildman–Crippen LogP) is -2.19. The molecule has 1 saturated heterocycles. The molecule has 2 atom stereocenters. The number of aliphatic hydroxyl groups excluding tert-OH is 1. The first-order chi connectivity index (χ1) is 10.1. The summed E-state index contributed by atoms with van der Waals surface area (Å²) in [5.74, 6) is -0.180. The molecule has 5 N–H and O–H groups in total. The van der Waals surface area contributed by atoms with Crippen molar-refractivity contribution in [3.8, 4) is 0 Å². The van der Waals surface area contributed by atoms with Crippen LogP contribution in [0.4, 0.5) is 0 Å². The second-order valence-electron chi connectivity index (χ2n) is 4.29. The molecule has 0 bridgehead atoms. The normalized spacial score (nSPS) is 21.4. The lowest BCUT2D eigenvalue weighted by Crippen LogP contribution is -2.39. The van der Waals surface area contributed by atoms with Gasteiger partial charge < -0.3 is 20.9 Å². The summed E-state index contributed by atoms with van der Waals surface area (Å²) in [5, 5.41) is 11.5. The molecule has 1 aliphatic heterocycles. The average molecular weight is 316 g/mol. The van der Waals surface area contributed by atoms with Crippen LogP contribution in [0.25, 0.3) is 0 Å². The fourth-order valence-corrected chi connectivity index (χ4v) is 2.76. The van der Waals surface area contributed by atoms with E-state index in [1.165, 1.54) is 11.8 Å². The molecular weight excluding hydrogens is 300 g/mol. The molecule has 116 valence electrons. The summed E-state index contributed by atoms with van der Waals surface area (Å²) in [5.41, 5.74) is 3.22. The van der Waals surface area contributed by atoms with E-state index < -0.39 is 28.8 Å². The zero-order valence-corrected chi connectivity index (χ0v) is 11.9. The summed E-state index contributed by atoms with van der Waals surface area (Å²) in [7, 11) is 0. The van der Waals surface area contributed by atoms with Crippen LogP contribution in [0.3, 0.4) is 0 Å². The topological polar surface area (TPSA) is 139 Å². The van der Waals surface area contributed by atoms with Crippen LogP contribution in [-0.2, 0) is 4.74 Å². The number of hydrogen-bond acceptors (Lipinski definition) is 7. The van der Waals surface area contributed by atoms with Gasteiger partial charge in [-0.3, -0.25) is 19.1 Å². The first kappa shape index (κ1) is 15.8. The number of ether oxygens (including phenoxy) is 1. The van der Waals surface area contributed by atoms with Gasteiger partial charge >= 0.3 is 5.69 Å². The van der Waals surface area contributed by atoms with Gasteiger partial charge in [-0.05, 0) is 0 Å². The van der Waals surface area contributed by atoms with Gasteiger partial charge in [-0.2, -0.15) is 0 Å². The van der Waals surface area contributed by atoms with Crippen molar-refractivity contribution in [3.63, 3.8) is 0 Å². The highest BCUT2D eigenvalue weighted by Gasteiger charge is 2.28. The maximum atomic E-state index is 11.8. The standard InChI is InChI=1S/C11H16N4O5S/c12-1-2-13-9(17)6-3-15(11(19)14-10(6)18)7-5-21-8(4-16)20-7/h3,7-8,16H,1-2,4-5,12H2,(H,13,17)(H,14,18,19)/t7-,8+/m1/s1. The minimum absolute atomic E-state index is 0.177. The molecular formula is C11H16N4O5S. The zero-order chi connectivity index (χ0) is 15.4. The summed E-state index contributed by atoms with van der Waals surface area (Å²) in [6.45, 7) is 0.284. The Morgan fingerprint density at radius 1 is 1.62 bits per heavy atom. The fourth-order valence-electron chi connectivity index (χ4n) is 1.83. The van der Waals surface area contributed by atoms with Crippen molar-refractivity contribution in [2.45, 2.75) is 11.7 Å². The Labute approximate surface area is 123 Å². The van der Waals surface area contributed by atoms with Crippen molar-refractivity contribution in [2.75, 3.05) is 25.4 Å². The summed E-state index contributed by atoms with van der Waals surface area (Å²) in [6.07, 6.45) is 0.524. The average Bonchev–Trinajstić information content (AvgIpc) is 2.93. The Hall–Kier alpha value is -1.62. The first-order valence-corrected chi connectivity index (χ1v) is 7.33. The number of amides is 1. The minimum Gasteiger partial charge on any atom is -0.393 e. The van der Waals surface area contributed by atoms with Gasteiger partial charge in [0.25, 0.3) is 11.5 Å². The number of rotatable bonds is 5. The highest BCUT2D eigenvalue weighted by atomic mass is 32.2. The maximum Gasteiger partial charge on any atom is 0.330 e. The Balaban J connectivity index is 2.29. The highest BCUT2D eigenvalue weighted by molar-refractivity contribution is 8.00. The maximum absolute atomic E-state index is 11.8. The Bertz CT molecular complexity index is 628. The highest BCUT2D eigenvalue weighted by Crippen LogP contribution is 2.30. The van der Waals surface area contributed by atoms with E-state index in [-0.39, 0.29) is 25.3 Å². The number of H-pyrrole nitrogens is 1. The van der Waals surface area contributed by atoms with E-state index in [0.717, 1.165) is 10.8 Å². The van der Waals surface area contributed by atoms with Crippen molar-refractivity contribution >= 4 is 17.7 Å². The number of carbonyl (C=O) groups excluding carboxylic acids is 1. The van der Waals surface area contributed by atoms with E-state index >= 15 is 0 Å². The number of aromatic amines is 1. The van der Waals surface area contributed by atoms with Crippen molar-refractivity contribution in [1.82, 2.24) is 14.9 Å². The second kappa shape index (κ2) is 6.89. The molecule has 1 fully saturated rings. The molecule has 1 aromatic rings. The number of nitrogens with one attached hydrogen (secondary N) is 2. The molecule has 0 aromatic carbocycles. The summed E-state index contributed by atoms with van der Waals surface area (Å²) in [6, 6.07) is 0. The van der Waals surface area contributed by atoms with Crippen molar-refractivity contribution in [3.05, 3.63) is 32.6 Å². The van der Waals surface area contributed by atoms with E-state index in [0.29, 0.717) is 5.75 Å². The van der Waals surface area contributed by atoms with Crippen LogP contribution in [-0.4, -0.2) is 51.5 Å². The largest absolute Gasteiger partial charge is 0.393 e. The van der Waals surface area contributed by atoms with Crippen molar-refractivity contribution < 1.29 is 14.6 Å². The van der Waals surface area contributed by atoms with Crippen LogP contribution < -0.4 is 22.3 Å². The molecule has 1 aromatic heterocycles.